The smallest absolute Gasteiger partial charge is 0.338 e. The van der Waals surface area contributed by atoms with Gasteiger partial charge >= 0.3 is 5.97 Å². The van der Waals surface area contributed by atoms with Gasteiger partial charge in [-0.1, -0.05) is 0 Å². The third-order valence-corrected chi connectivity index (χ3v) is 6.80. The largest absolute Gasteiger partial charge is 0.449 e. The van der Waals surface area contributed by atoms with Crippen LogP contribution in [0.1, 0.15) is 38.1 Å². The highest BCUT2D eigenvalue weighted by Gasteiger charge is 2.30. The van der Waals surface area contributed by atoms with Crippen LogP contribution in [0.4, 0.5) is 0 Å². The number of sulfonamides is 1. The molecule has 0 spiro atoms. The van der Waals surface area contributed by atoms with Gasteiger partial charge in [0.25, 0.3) is 5.91 Å². The van der Waals surface area contributed by atoms with Crippen molar-refractivity contribution in [2.45, 2.75) is 44.2 Å². The highest BCUT2D eigenvalue weighted by molar-refractivity contribution is 9.10. The number of nitrogens with one attached hydrogen (secondary N) is 1. The lowest BCUT2D eigenvalue weighted by Gasteiger charge is -2.26. The lowest BCUT2D eigenvalue weighted by atomic mass is 10.1. The number of carbonyl (C=O) groups excluding carboxylic acids is 2. The first-order chi connectivity index (χ1) is 12.9. The van der Waals surface area contributed by atoms with Gasteiger partial charge in [0.2, 0.25) is 10.0 Å². The molecule has 1 aromatic carbocycles. The van der Waals surface area contributed by atoms with Crippen LogP contribution in [0.15, 0.2) is 27.6 Å². The Labute approximate surface area is 173 Å². The maximum absolute atomic E-state index is 12.9. The van der Waals surface area contributed by atoms with E-state index in [-0.39, 0.29) is 23.5 Å². The molecule has 1 amide bonds. The molecular weight excluding hydrogens is 452 g/mol. The molecule has 1 heterocycles. The summed E-state index contributed by atoms with van der Waals surface area (Å²) in [6.07, 6.45) is -1.02. The molecule has 1 fully saturated rings. The minimum Gasteiger partial charge on any atom is -0.449 e. The molecule has 0 bridgehead atoms. The Kier molecular flexibility index (Phi) is 7.24. The van der Waals surface area contributed by atoms with E-state index in [0.717, 1.165) is 0 Å². The molecule has 1 N–H and O–H groups in total. The Morgan fingerprint density at radius 1 is 1.25 bits per heavy atom. The average Bonchev–Trinajstić information content (AvgIpc) is 2.61. The molecule has 1 unspecified atom stereocenters. The van der Waals surface area contributed by atoms with Gasteiger partial charge in [-0.25, -0.2) is 13.2 Å². The number of carbonyl (C=O) groups is 2. The highest BCUT2D eigenvalue weighted by Crippen LogP contribution is 2.27. The molecule has 1 aliphatic rings. The maximum Gasteiger partial charge on any atom is 0.338 e. The van der Waals surface area contributed by atoms with Crippen molar-refractivity contribution in [3.63, 3.8) is 0 Å². The fraction of sp³-hybridized carbons (Fsp3) is 0.556. The SMILES string of the molecule is CC(OC(=O)c1ccc(Br)c(S(=O)(=O)N2CCOCC2)c1)C(=O)NC(C)(C)C. The van der Waals surface area contributed by atoms with E-state index >= 15 is 0 Å². The third kappa shape index (κ3) is 5.76. The van der Waals surface area contributed by atoms with Crippen LogP contribution >= 0.6 is 15.9 Å². The fourth-order valence-electron chi connectivity index (χ4n) is 2.51. The van der Waals surface area contributed by atoms with Crippen LogP contribution in [0.5, 0.6) is 0 Å². The molecular formula is C18H25BrN2O6S. The quantitative estimate of drug-likeness (QED) is 0.651. The molecule has 1 saturated heterocycles. The molecule has 10 heteroatoms. The zero-order valence-corrected chi connectivity index (χ0v) is 18.7. The number of nitrogens with zero attached hydrogens (tertiary/aromatic N) is 1. The lowest BCUT2D eigenvalue weighted by molar-refractivity contribution is -0.130. The van der Waals surface area contributed by atoms with Crippen LogP contribution in [-0.2, 0) is 24.3 Å². The van der Waals surface area contributed by atoms with Crippen molar-refractivity contribution in [2.24, 2.45) is 0 Å². The van der Waals surface area contributed by atoms with E-state index in [1.807, 2.05) is 20.8 Å². The first kappa shape index (κ1) is 22.8. The number of esters is 1. The van der Waals surface area contributed by atoms with Crippen molar-refractivity contribution < 1.29 is 27.5 Å². The van der Waals surface area contributed by atoms with Crippen LogP contribution in [0.2, 0.25) is 0 Å². The van der Waals surface area contributed by atoms with Crippen LogP contribution in [0.3, 0.4) is 0 Å². The summed E-state index contributed by atoms with van der Waals surface area (Å²) in [4.78, 5) is 24.5. The molecule has 0 aliphatic carbocycles. The third-order valence-electron chi connectivity index (χ3n) is 3.91. The summed E-state index contributed by atoms with van der Waals surface area (Å²) >= 11 is 3.24. The summed E-state index contributed by atoms with van der Waals surface area (Å²) in [7, 11) is -3.80. The number of halogens is 1. The molecule has 0 saturated carbocycles. The van der Waals surface area contributed by atoms with Crippen molar-refractivity contribution in [1.82, 2.24) is 9.62 Å². The first-order valence-electron chi connectivity index (χ1n) is 8.82. The fourth-order valence-corrected chi connectivity index (χ4v) is 4.87. The minimum atomic E-state index is -3.80. The summed E-state index contributed by atoms with van der Waals surface area (Å²) in [5.74, 6) is -1.21. The van der Waals surface area contributed by atoms with E-state index in [0.29, 0.717) is 17.7 Å². The number of hydrogen-bond donors (Lipinski definition) is 1. The molecule has 28 heavy (non-hydrogen) atoms. The van der Waals surface area contributed by atoms with Gasteiger partial charge in [0.1, 0.15) is 0 Å². The molecule has 2 rings (SSSR count). The second-order valence-electron chi connectivity index (χ2n) is 7.45. The molecule has 0 aromatic heterocycles. The van der Waals surface area contributed by atoms with Crippen molar-refractivity contribution in [3.8, 4) is 0 Å². The molecule has 1 aliphatic heterocycles. The van der Waals surface area contributed by atoms with Crippen LogP contribution in [-0.4, -0.2) is 62.5 Å². The van der Waals surface area contributed by atoms with Crippen molar-refractivity contribution in [3.05, 3.63) is 28.2 Å². The summed E-state index contributed by atoms with van der Waals surface area (Å²) < 4.78 is 37.8. The van der Waals surface area contributed by atoms with Gasteiger partial charge < -0.3 is 14.8 Å². The van der Waals surface area contributed by atoms with E-state index in [2.05, 4.69) is 21.2 Å². The van der Waals surface area contributed by atoms with Gasteiger partial charge in [-0.15, -0.1) is 0 Å². The molecule has 8 nitrogen and oxygen atoms in total. The van der Waals surface area contributed by atoms with E-state index < -0.39 is 33.5 Å². The van der Waals surface area contributed by atoms with E-state index in [9.17, 15) is 18.0 Å². The van der Waals surface area contributed by atoms with Gasteiger partial charge in [-0.2, -0.15) is 4.31 Å². The summed E-state index contributed by atoms with van der Waals surface area (Å²) in [6.45, 7) is 8.03. The Balaban J connectivity index is 2.20. The van der Waals surface area contributed by atoms with E-state index in [1.54, 1.807) is 0 Å². The predicted molar refractivity (Wildman–Crippen MR) is 106 cm³/mol. The van der Waals surface area contributed by atoms with Crippen LogP contribution in [0.25, 0.3) is 0 Å². The Bertz CT molecular complexity index is 844. The summed E-state index contributed by atoms with van der Waals surface area (Å²) in [6, 6.07) is 4.18. The van der Waals surface area contributed by atoms with Crippen LogP contribution in [0, 0.1) is 0 Å². The summed E-state index contributed by atoms with van der Waals surface area (Å²) in [5.41, 5.74) is -0.417. The zero-order chi connectivity index (χ0) is 21.1. The second kappa shape index (κ2) is 8.89. The van der Waals surface area contributed by atoms with E-state index in [1.165, 1.54) is 29.4 Å². The van der Waals surface area contributed by atoms with Gasteiger partial charge in [0.05, 0.1) is 23.7 Å². The van der Waals surface area contributed by atoms with E-state index in [4.69, 9.17) is 9.47 Å². The van der Waals surface area contributed by atoms with Crippen molar-refractivity contribution in [2.75, 3.05) is 26.3 Å². The zero-order valence-electron chi connectivity index (χ0n) is 16.3. The second-order valence-corrected chi connectivity index (χ2v) is 10.2. The van der Waals surface area contributed by atoms with Gasteiger partial charge in [0, 0.05) is 23.1 Å². The predicted octanol–water partition coefficient (Wildman–Crippen LogP) is 1.93. The topological polar surface area (TPSA) is 102 Å². The van der Waals surface area contributed by atoms with Gasteiger partial charge in [-0.05, 0) is 61.8 Å². The van der Waals surface area contributed by atoms with Crippen molar-refractivity contribution in [1.29, 1.82) is 0 Å². The minimum absolute atomic E-state index is 0.0318. The molecule has 1 atom stereocenters. The average molecular weight is 477 g/mol. The molecule has 156 valence electrons. The van der Waals surface area contributed by atoms with Crippen molar-refractivity contribution >= 4 is 37.8 Å². The number of rotatable bonds is 5. The summed E-state index contributed by atoms with van der Waals surface area (Å²) in [5, 5.41) is 2.73. The van der Waals surface area contributed by atoms with Gasteiger partial charge in [0.15, 0.2) is 6.10 Å². The normalized spacial score (nSPS) is 17.0. The number of ether oxygens (including phenoxy) is 2. The Hall–Kier alpha value is -1.49. The number of hydrogen-bond acceptors (Lipinski definition) is 6. The Morgan fingerprint density at radius 3 is 2.43 bits per heavy atom. The Morgan fingerprint density at radius 2 is 1.86 bits per heavy atom. The highest BCUT2D eigenvalue weighted by atomic mass is 79.9. The number of amides is 1. The van der Waals surface area contributed by atoms with Gasteiger partial charge in [-0.3, -0.25) is 4.79 Å². The first-order valence-corrected chi connectivity index (χ1v) is 11.1. The lowest BCUT2D eigenvalue weighted by Crippen LogP contribution is -2.46. The standard InChI is InChI=1S/C18H25BrN2O6S/c1-12(16(22)20-18(2,3)4)27-17(23)13-5-6-14(19)15(11-13)28(24,25)21-7-9-26-10-8-21/h5-6,11-12H,7-10H2,1-4H3,(H,20,22). The number of morpholine rings is 1. The molecule has 1 aromatic rings. The number of benzene rings is 1. The maximum atomic E-state index is 12.9. The monoisotopic (exact) mass is 476 g/mol. The van der Waals surface area contributed by atoms with Crippen LogP contribution < -0.4 is 5.32 Å². The molecule has 0 radical (unpaired) electrons.